The Balaban J connectivity index is 1.62. The van der Waals surface area contributed by atoms with Gasteiger partial charge in [0.1, 0.15) is 5.82 Å². The minimum Gasteiger partial charge on any atom is -0.339 e. The van der Waals surface area contributed by atoms with Gasteiger partial charge in [-0.3, -0.25) is 4.79 Å². The first-order valence-electron chi connectivity index (χ1n) is 8.12. The molecular formula is C19H14F4N4O. The summed E-state index contributed by atoms with van der Waals surface area (Å²) in [7, 11) is 0. The van der Waals surface area contributed by atoms with Gasteiger partial charge in [-0.05, 0) is 42.0 Å². The van der Waals surface area contributed by atoms with Crippen molar-refractivity contribution in [1.82, 2.24) is 10.2 Å². The zero-order valence-corrected chi connectivity index (χ0v) is 14.3. The summed E-state index contributed by atoms with van der Waals surface area (Å²) >= 11 is 0. The third-order valence-corrected chi connectivity index (χ3v) is 3.70. The Bertz CT molecular complexity index is 974. The normalized spacial score (nSPS) is 11.1. The summed E-state index contributed by atoms with van der Waals surface area (Å²) in [5.74, 6) is -0.621. The van der Waals surface area contributed by atoms with Gasteiger partial charge >= 0.3 is 6.18 Å². The third-order valence-electron chi connectivity index (χ3n) is 3.70. The van der Waals surface area contributed by atoms with Crippen LogP contribution >= 0.6 is 0 Å². The Hall–Kier alpha value is -3.49. The molecule has 28 heavy (non-hydrogen) atoms. The molecule has 0 fully saturated rings. The molecule has 0 aliphatic rings. The minimum absolute atomic E-state index is 0.135. The van der Waals surface area contributed by atoms with Crippen LogP contribution in [0, 0.1) is 5.82 Å². The van der Waals surface area contributed by atoms with E-state index in [1.54, 1.807) is 6.07 Å². The summed E-state index contributed by atoms with van der Waals surface area (Å²) in [4.78, 5) is 12.0. The van der Waals surface area contributed by atoms with Gasteiger partial charge in [0.25, 0.3) is 0 Å². The van der Waals surface area contributed by atoms with E-state index >= 15 is 0 Å². The van der Waals surface area contributed by atoms with E-state index in [0.29, 0.717) is 0 Å². The molecular weight excluding hydrogens is 376 g/mol. The number of rotatable bonds is 5. The van der Waals surface area contributed by atoms with Crippen LogP contribution in [-0.2, 0) is 17.4 Å². The molecule has 2 N–H and O–H groups in total. The van der Waals surface area contributed by atoms with Crippen molar-refractivity contribution in [3.63, 3.8) is 0 Å². The van der Waals surface area contributed by atoms with Crippen LogP contribution in [0.15, 0.2) is 60.7 Å². The molecule has 5 nitrogen and oxygen atoms in total. The van der Waals surface area contributed by atoms with E-state index in [4.69, 9.17) is 0 Å². The monoisotopic (exact) mass is 390 g/mol. The molecule has 9 heteroatoms. The maximum Gasteiger partial charge on any atom is 0.416 e. The van der Waals surface area contributed by atoms with Crippen molar-refractivity contribution < 1.29 is 22.4 Å². The van der Waals surface area contributed by atoms with Crippen LogP contribution in [0.2, 0.25) is 0 Å². The fraction of sp³-hybridized carbons (Fsp3) is 0.105. The van der Waals surface area contributed by atoms with Crippen molar-refractivity contribution in [2.24, 2.45) is 0 Å². The Kier molecular flexibility index (Phi) is 5.53. The second kappa shape index (κ2) is 8.03. The van der Waals surface area contributed by atoms with E-state index in [0.717, 1.165) is 12.1 Å². The number of aromatic nitrogens is 2. The number of anilines is 3. The maximum absolute atomic E-state index is 13.6. The molecule has 0 bridgehead atoms. The van der Waals surface area contributed by atoms with Gasteiger partial charge in [0, 0.05) is 5.69 Å². The number of amides is 1. The second-order valence-electron chi connectivity index (χ2n) is 5.82. The molecule has 0 radical (unpaired) electrons. The number of carbonyl (C=O) groups is 1. The van der Waals surface area contributed by atoms with Crippen LogP contribution < -0.4 is 10.6 Å². The van der Waals surface area contributed by atoms with E-state index in [9.17, 15) is 22.4 Å². The summed E-state index contributed by atoms with van der Waals surface area (Å²) in [5.41, 5.74) is -0.348. The molecule has 1 aromatic heterocycles. The van der Waals surface area contributed by atoms with Crippen molar-refractivity contribution in [3.05, 3.63) is 77.6 Å². The van der Waals surface area contributed by atoms with Gasteiger partial charge in [-0.2, -0.15) is 13.2 Å². The standard InChI is InChI=1S/C19H14F4N4O/c20-15-7-2-1-4-12(15)10-18(28)25-17-9-8-16(26-27-17)24-14-6-3-5-13(11-14)19(21,22)23/h1-9,11H,10H2,(H,24,26)(H,25,27,28). The summed E-state index contributed by atoms with van der Waals surface area (Å²) < 4.78 is 51.8. The first-order chi connectivity index (χ1) is 13.3. The summed E-state index contributed by atoms with van der Waals surface area (Å²) in [5, 5.41) is 12.8. The highest BCUT2D eigenvalue weighted by Crippen LogP contribution is 2.31. The first-order valence-corrected chi connectivity index (χ1v) is 8.12. The Morgan fingerprint density at radius 3 is 2.32 bits per heavy atom. The summed E-state index contributed by atoms with van der Waals surface area (Å²) in [6.07, 6.45) is -4.62. The molecule has 0 saturated carbocycles. The molecule has 1 heterocycles. The molecule has 2 aromatic carbocycles. The smallest absolute Gasteiger partial charge is 0.339 e. The highest BCUT2D eigenvalue weighted by atomic mass is 19.4. The summed E-state index contributed by atoms with van der Waals surface area (Å²) in [6.45, 7) is 0. The van der Waals surface area contributed by atoms with Gasteiger partial charge in [0.15, 0.2) is 11.6 Å². The van der Waals surface area contributed by atoms with Crippen molar-refractivity contribution in [1.29, 1.82) is 0 Å². The molecule has 3 rings (SSSR count). The zero-order chi connectivity index (χ0) is 20.1. The Morgan fingerprint density at radius 2 is 1.64 bits per heavy atom. The highest BCUT2D eigenvalue weighted by Gasteiger charge is 2.30. The first kappa shape index (κ1) is 19.3. The lowest BCUT2D eigenvalue weighted by molar-refractivity contribution is -0.137. The maximum atomic E-state index is 13.6. The van der Waals surface area contributed by atoms with E-state index in [1.165, 1.54) is 42.5 Å². The topological polar surface area (TPSA) is 66.9 Å². The van der Waals surface area contributed by atoms with Crippen molar-refractivity contribution in [3.8, 4) is 0 Å². The van der Waals surface area contributed by atoms with Crippen LogP contribution in [0.1, 0.15) is 11.1 Å². The highest BCUT2D eigenvalue weighted by molar-refractivity contribution is 5.91. The van der Waals surface area contributed by atoms with E-state index in [-0.39, 0.29) is 29.3 Å². The molecule has 0 unspecified atom stereocenters. The number of hydrogen-bond donors (Lipinski definition) is 2. The van der Waals surface area contributed by atoms with Gasteiger partial charge < -0.3 is 10.6 Å². The van der Waals surface area contributed by atoms with Crippen LogP contribution in [0.3, 0.4) is 0 Å². The van der Waals surface area contributed by atoms with Crippen LogP contribution in [0.25, 0.3) is 0 Å². The van der Waals surface area contributed by atoms with Gasteiger partial charge in [0.2, 0.25) is 5.91 Å². The largest absolute Gasteiger partial charge is 0.416 e. The van der Waals surface area contributed by atoms with E-state index in [2.05, 4.69) is 20.8 Å². The predicted molar refractivity (Wildman–Crippen MR) is 95.5 cm³/mol. The van der Waals surface area contributed by atoms with Crippen molar-refractivity contribution in [2.45, 2.75) is 12.6 Å². The number of alkyl halides is 3. The van der Waals surface area contributed by atoms with Crippen molar-refractivity contribution >= 4 is 23.2 Å². The SMILES string of the molecule is O=C(Cc1ccccc1F)Nc1ccc(Nc2cccc(C(F)(F)F)c2)nn1. The van der Waals surface area contributed by atoms with Gasteiger partial charge in [0.05, 0.1) is 12.0 Å². The van der Waals surface area contributed by atoms with E-state index in [1.807, 2.05) is 0 Å². The average molecular weight is 390 g/mol. The number of hydrogen-bond acceptors (Lipinski definition) is 4. The molecule has 0 atom stereocenters. The Morgan fingerprint density at radius 1 is 0.929 bits per heavy atom. The third kappa shape index (κ3) is 5.03. The minimum atomic E-state index is -4.45. The lowest BCUT2D eigenvalue weighted by atomic mass is 10.1. The fourth-order valence-electron chi connectivity index (χ4n) is 2.39. The van der Waals surface area contributed by atoms with E-state index < -0.39 is 23.5 Å². The van der Waals surface area contributed by atoms with Gasteiger partial charge in [-0.1, -0.05) is 24.3 Å². The van der Waals surface area contributed by atoms with Gasteiger partial charge in [-0.25, -0.2) is 4.39 Å². The molecule has 0 aliphatic heterocycles. The molecule has 0 saturated heterocycles. The van der Waals surface area contributed by atoms with Crippen LogP contribution in [-0.4, -0.2) is 16.1 Å². The van der Waals surface area contributed by atoms with Crippen LogP contribution in [0.5, 0.6) is 0 Å². The van der Waals surface area contributed by atoms with Gasteiger partial charge in [-0.15, -0.1) is 10.2 Å². The lowest BCUT2D eigenvalue weighted by Crippen LogP contribution is -2.16. The molecule has 0 aliphatic carbocycles. The Labute approximate surface area is 157 Å². The molecule has 3 aromatic rings. The number of benzene rings is 2. The predicted octanol–water partition coefficient (Wildman–Crippen LogP) is 4.56. The number of nitrogens with zero attached hydrogens (tertiary/aromatic N) is 2. The average Bonchev–Trinajstić information content (AvgIpc) is 2.65. The molecule has 0 spiro atoms. The molecule has 144 valence electrons. The quantitative estimate of drug-likeness (QED) is 0.627. The second-order valence-corrected chi connectivity index (χ2v) is 5.82. The number of nitrogens with one attached hydrogen (secondary N) is 2. The fourth-order valence-corrected chi connectivity index (χ4v) is 2.39. The lowest BCUT2D eigenvalue weighted by Gasteiger charge is -2.10. The van der Waals surface area contributed by atoms with Crippen LogP contribution in [0.4, 0.5) is 34.9 Å². The summed E-state index contributed by atoms with van der Waals surface area (Å²) in [6, 6.07) is 13.4. The number of carbonyl (C=O) groups excluding carboxylic acids is 1. The van der Waals surface area contributed by atoms with Crippen molar-refractivity contribution in [2.75, 3.05) is 10.6 Å². The molecule has 1 amide bonds. The zero-order valence-electron chi connectivity index (χ0n) is 14.3. The number of halogens is 4.